The van der Waals surface area contributed by atoms with Gasteiger partial charge in [-0.3, -0.25) is 9.59 Å². The first-order valence-electron chi connectivity index (χ1n) is 10.7. The number of pyridine rings is 1. The summed E-state index contributed by atoms with van der Waals surface area (Å²) in [6, 6.07) is 5.31. The molecular weight excluding hydrogens is 438 g/mol. The average molecular weight is 463 g/mol. The van der Waals surface area contributed by atoms with Crippen LogP contribution in [0.4, 0.5) is 5.69 Å². The zero-order valence-corrected chi connectivity index (χ0v) is 19.0. The lowest BCUT2D eigenvalue weighted by Gasteiger charge is -2.23. The molecule has 4 rings (SSSR count). The van der Waals surface area contributed by atoms with Gasteiger partial charge in [-0.2, -0.15) is 5.10 Å². The maximum atomic E-state index is 12.2. The Balaban J connectivity index is 1.72. The number of fused-ring (bicyclic) bond motifs is 1. The van der Waals surface area contributed by atoms with Crippen LogP contribution in [0.1, 0.15) is 53.0 Å². The van der Waals surface area contributed by atoms with E-state index >= 15 is 0 Å². The minimum atomic E-state index is -0.685. The standard InChI is InChI=1S/C23H25N7O4/c1-4-15(23-27-10-18(34-23)22(25)32)12(2)29-20-16(21(24)31)9-28-30-11-14(7-17(20)30)13-5-6-19(33-3)26-8-13/h5-12,15,29H,4H2,1-3H3,(H2,24,31)(H2,25,32)/t12-,15-/m1/s1. The van der Waals surface area contributed by atoms with Gasteiger partial charge in [-0.05, 0) is 25.5 Å². The second-order valence-electron chi connectivity index (χ2n) is 7.82. The number of carbonyl (C=O) groups is 2. The number of amides is 2. The number of anilines is 1. The largest absolute Gasteiger partial charge is 0.481 e. The first-order chi connectivity index (χ1) is 16.3. The molecule has 2 atom stereocenters. The minimum Gasteiger partial charge on any atom is -0.481 e. The van der Waals surface area contributed by atoms with Crippen molar-refractivity contribution in [3.05, 3.63) is 60.2 Å². The Bertz CT molecular complexity index is 1340. The summed E-state index contributed by atoms with van der Waals surface area (Å²) in [6.45, 7) is 3.90. The van der Waals surface area contributed by atoms with Crippen LogP contribution in [0.5, 0.6) is 5.88 Å². The van der Waals surface area contributed by atoms with Crippen molar-refractivity contribution in [1.82, 2.24) is 19.6 Å². The molecule has 0 bridgehead atoms. The van der Waals surface area contributed by atoms with Crippen molar-refractivity contribution in [2.75, 3.05) is 12.4 Å². The average Bonchev–Trinajstić information content (AvgIpc) is 3.47. The number of nitrogens with one attached hydrogen (secondary N) is 1. The number of ether oxygens (including phenoxy) is 1. The van der Waals surface area contributed by atoms with Crippen molar-refractivity contribution in [2.24, 2.45) is 11.5 Å². The number of oxazole rings is 1. The van der Waals surface area contributed by atoms with Crippen molar-refractivity contribution in [3.8, 4) is 17.0 Å². The van der Waals surface area contributed by atoms with Gasteiger partial charge in [0.05, 0.1) is 42.2 Å². The van der Waals surface area contributed by atoms with Crippen LogP contribution < -0.4 is 21.5 Å². The van der Waals surface area contributed by atoms with Gasteiger partial charge in [-0.25, -0.2) is 14.5 Å². The van der Waals surface area contributed by atoms with E-state index in [9.17, 15) is 9.59 Å². The number of aromatic nitrogens is 4. The molecular formula is C23H25N7O4. The minimum absolute atomic E-state index is 0.00545. The zero-order chi connectivity index (χ0) is 24.4. The van der Waals surface area contributed by atoms with Crippen LogP contribution in [0.2, 0.25) is 0 Å². The van der Waals surface area contributed by atoms with E-state index < -0.39 is 11.8 Å². The molecule has 176 valence electrons. The Hall–Kier alpha value is -4.41. The molecule has 4 heterocycles. The monoisotopic (exact) mass is 463 g/mol. The van der Waals surface area contributed by atoms with Crippen LogP contribution in [0.15, 0.2) is 47.4 Å². The van der Waals surface area contributed by atoms with Gasteiger partial charge < -0.3 is 25.9 Å². The molecule has 11 heteroatoms. The van der Waals surface area contributed by atoms with Crippen molar-refractivity contribution in [1.29, 1.82) is 0 Å². The number of methoxy groups -OCH3 is 1. The number of nitrogens with zero attached hydrogens (tertiary/aromatic N) is 4. The van der Waals surface area contributed by atoms with E-state index in [2.05, 4.69) is 20.4 Å². The molecule has 0 unspecified atom stereocenters. The van der Waals surface area contributed by atoms with Crippen molar-refractivity contribution >= 4 is 23.0 Å². The van der Waals surface area contributed by atoms with Crippen molar-refractivity contribution in [2.45, 2.75) is 32.2 Å². The molecule has 0 aliphatic heterocycles. The Morgan fingerprint density at radius 2 is 1.94 bits per heavy atom. The molecule has 0 saturated heterocycles. The molecule has 0 aliphatic rings. The predicted octanol–water partition coefficient (Wildman–Crippen LogP) is 2.58. The van der Waals surface area contributed by atoms with Crippen LogP contribution >= 0.6 is 0 Å². The summed E-state index contributed by atoms with van der Waals surface area (Å²) >= 11 is 0. The highest BCUT2D eigenvalue weighted by Crippen LogP contribution is 2.32. The predicted molar refractivity (Wildman–Crippen MR) is 125 cm³/mol. The highest BCUT2D eigenvalue weighted by molar-refractivity contribution is 6.02. The molecule has 0 aromatic carbocycles. The van der Waals surface area contributed by atoms with Crippen molar-refractivity contribution in [3.63, 3.8) is 0 Å². The number of primary amides is 2. The molecule has 4 aromatic rings. The molecule has 0 fully saturated rings. The van der Waals surface area contributed by atoms with E-state index in [0.717, 1.165) is 11.1 Å². The molecule has 11 nitrogen and oxygen atoms in total. The van der Waals surface area contributed by atoms with Gasteiger partial charge in [-0.1, -0.05) is 6.92 Å². The lowest BCUT2D eigenvalue weighted by molar-refractivity contribution is 0.0969. The molecule has 0 saturated carbocycles. The highest BCUT2D eigenvalue weighted by Gasteiger charge is 2.26. The van der Waals surface area contributed by atoms with Gasteiger partial charge in [-0.15, -0.1) is 0 Å². The van der Waals surface area contributed by atoms with Crippen LogP contribution in [-0.2, 0) is 0 Å². The molecule has 4 aromatic heterocycles. The van der Waals surface area contributed by atoms with Crippen LogP contribution in [0.25, 0.3) is 16.6 Å². The molecule has 0 spiro atoms. The SMILES string of the molecule is CC[C@@H](c1ncc(C(N)=O)o1)[C@@H](C)Nc1c(C(N)=O)cnn2cc(-c3ccc(OC)nc3)cc12. The number of nitrogens with two attached hydrogens (primary N) is 2. The zero-order valence-electron chi connectivity index (χ0n) is 19.0. The maximum Gasteiger partial charge on any atom is 0.286 e. The summed E-state index contributed by atoms with van der Waals surface area (Å²) in [5, 5.41) is 7.74. The van der Waals surface area contributed by atoms with E-state index in [4.69, 9.17) is 20.6 Å². The molecule has 0 aliphatic carbocycles. The topological polar surface area (TPSA) is 164 Å². The third kappa shape index (κ3) is 4.27. The summed E-state index contributed by atoms with van der Waals surface area (Å²) in [6.07, 6.45) is 6.94. The van der Waals surface area contributed by atoms with E-state index in [1.54, 1.807) is 23.9 Å². The van der Waals surface area contributed by atoms with Gasteiger partial charge in [0, 0.05) is 35.6 Å². The van der Waals surface area contributed by atoms with Gasteiger partial charge in [0.1, 0.15) is 0 Å². The Labute approximate surface area is 195 Å². The second-order valence-corrected chi connectivity index (χ2v) is 7.82. The summed E-state index contributed by atoms with van der Waals surface area (Å²) in [5.74, 6) is -0.623. The number of carbonyl (C=O) groups excluding carboxylic acids is 2. The number of rotatable bonds is 9. The molecule has 34 heavy (non-hydrogen) atoms. The summed E-state index contributed by atoms with van der Waals surface area (Å²) in [5.41, 5.74) is 14.1. The van der Waals surface area contributed by atoms with E-state index in [-0.39, 0.29) is 23.3 Å². The fourth-order valence-electron chi connectivity index (χ4n) is 3.87. The van der Waals surface area contributed by atoms with Crippen LogP contribution in [-0.4, -0.2) is 44.5 Å². The molecule has 5 N–H and O–H groups in total. The van der Waals surface area contributed by atoms with Crippen LogP contribution in [0.3, 0.4) is 0 Å². The normalized spacial score (nSPS) is 12.9. The van der Waals surface area contributed by atoms with Gasteiger partial charge in [0.2, 0.25) is 11.6 Å². The van der Waals surface area contributed by atoms with Crippen molar-refractivity contribution < 1.29 is 18.7 Å². The Morgan fingerprint density at radius 1 is 1.15 bits per heavy atom. The highest BCUT2D eigenvalue weighted by atomic mass is 16.5. The van der Waals surface area contributed by atoms with E-state index in [1.165, 1.54) is 12.4 Å². The lowest BCUT2D eigenvalue weighted by Crippen LogP contribution is -2.27. The summed E-state index contributed by atoms with van der Waals surface area (Å²) in [4.78, 5) is 32.1. The summed E-state index contributed by atoms with van der Waals surface area (Å²) in [7, 11) is 1.56. The number of hydrogen-bond acceptors (Lipinski definition) is 8. The number of hydrogen-bond donors (Lipinski definition) is 3. The first-order valence-corrected chi connectivity index (χ1v) is 10.7. The summed E-state index contributed by atoms with van der Waals surface area (Å²) < 4.78 is 12.3. The lowest BCUT2D eigenvalue weighted by atomic mass is 9.97. The quantitative estimate of drug-likeness (QED) is 0.341. The Morgan fingerprint density at radius 3 is 2.53 bits per heavy atom. The molecule has 0 radical (unpaired) electrons. The third-order valence-electron chi connectivity index (χ3n) is 5.68. The van der Waals surface area contributed by atoms with E-state index in [0.29, 0.717) is 29.4 Å². The Kier molecular flexibility index (Phi) is 6.17. The fourth-order valence-corrected chi connectivity index (χ4v) is 3.87. The fraction of sp³-hybridized carbons (Fsp3) is 0.261. The molecule has 2 amide bonds. The van der Waals surface area contributed by atoms with Gasteiger partial charge in [0.25, 0.3) is 11.8 Å². The first kappa shape index (κ1) is 22.8. The maximum absolute atomic E-state index is 12.2. The third-order valence-corrected chi connectivity index (χ3v) is 5.68. The van der Waals surface area contributed by atoms with Crippen LogP contribution in [0, 0.1) is 0 Å². The smallest absolute Gasteiger partial charge is 0.286 e. The van der Waals surface area contributed by atoms with Gasteiger partial charge >= 0.3 is 0 Å². The van der Waals surface area contributed by atoms with Gasteiger partial charge in [0.15, 0.2) is 5.89 Å². The van der Waals surface area contributed by atoms with E-state index in [1.807, 2.05) is 32.2 Å². The second kappa shape index (κ2) is 9.22.